The molecule has 0 aliphatic rings. The summed E-state index contributed by atoms with van der Waals surface area (Å²) < 4.78 is 17.2. The molecule has 2 aromatic rings. The maximum Gasteiger partial charge on any atom is 0.339 e. The zero-order valence-electron chi connectivity index (χ0n) is 14.3. The van der Waals surface area contributed by atoms with Gasteiger partial charge in [-0.25, -0.2) is 4.79 Å². The van der Waals surface area contributed by atoms with Crippen molar-refractivity contribution in [1.82, 2.24) is 0 Å². The summed E-state index contributed by atoms with van der Waals surface area (Å²) in [5.74, 6) is -0.549. The van der Waals surface area contributed by atoms with Gasteiger partial charge in [0.15, 0.2) is 6.61 Å². The highest BCUT2D eigenvalue weighted by Crippen LogP contribution is 2.16. The van der Waals surface area contributed by atoms with Gasteiger partial charge < -0.3 is 9.64 Å². The second-order valence-electron chi connectivity index (χ2n) is 5.18. The lowest BCUT2D eigenvalue weighted by Gasteiger charge is -2.20. The molecule has 132 valence electrons. The first kappa shape index (κ1) is 18.9. The van der Waals surface area contributed by atoms with Crippen LogP contribution in [0, 0.1) is 0 Å². The Labute approximate surface area is 150 Å². The molecule has 0 heterocycles. The first-order chi connectivity index (χ1) is 12.1. The maximum absolute atomic E-state index is 12.4. The summed E-state index contributed by atoms with van der Waals surface area (Å²) in [6.07, 6.45) is 0. The highest BCUT2D eigenvalue weighted by atomic mass is 32.2. The lowest BCUT2D eigenvalue weighted by Crippen LogP contribution is -2.34. The average Bonchev–Trinajstić information content (AvgIpc) is 2.67. The molecule has 2 aromatic carbocycles. The third kappa shape index (κ3) is 4.76. The van der Waals surface area contributed by atoms with Gasteiger partial charge in [-0.2, -0.15) is 0 Å². The third-order valence-electron chi connectivity index (χ3n) is 3.63. The molecule has 0 aromatic heterocycles. The molecule has 0 saturated heterocycles. The van der Waals surface area contributed by atoms with Gasteiger partial charge in [-0.1, -0.05) is 37.3 Å². The Hall–Kier alpha value is -2.47. The summed E-state index contributed by atoms with van der Waals surface area (Å²) in [4.78, 5) is 26.7. The van der Waals surface area contributed by atoms with E-state index in [1.807, 2.05) is 37.3 Å². The summed E-state index contributed by atoms with van der Waals surface area (Å²) in [5.41, 5.74) is 0.983. The van der Waals surface area contributed by atoms with Crippen molar-refractivity contribution in [2.45, 2.75) is 18.7 Å². The van der Waals surface area contributed by atoms with Crippen LogP contribution in [0.5, 0.6) is 0 Å². The van der Waals surface area contributed by atoms with E-state index in [4.69, 9.17) is 4.74 Å². The van der Waals surface area contributed by atoms with Gasteiger partial charge in [0.05, 0.1) is 21.3 Å². The van der Waals surface area contributed by atoms with Crippen molar-refractivity contribution in [1.29, 1.82) is 0 Å². The normalized spacial score (nSPS) is 11.6. The van der Waals surface area contributed by atoms with Crippen LogP contribution in [-0.2, 0) is 20.3 Å². The van der Waals surface area contributed by atoms with Crippen LogP contribution in [-0.4, -0.2) is 35.0 Å². The molecule has 0 spiro atoms. The Kier molecular flexibility index (Phi) is 6.89. The summed E-state index contributed by atoms with van der Waals surface area (Å²) in [7, 11) is -1.27. The molecule has 0 fully saturated rings. The number of nitrogens with zero attached hydrogens (tertiary/aromatic N) is 1. The molecule has 6 heteroatoms. The highest BCUT2D eigenvalue weighted by molar-refractivity contribution is 7.85. The Bertz CT molecular complexity index is 761. The maximum atomic E-state index is 12.4. The van der Waals surface area contributed by atoms with Crippen LogP contribution in [0.3, 0.4) is 0 Å². The van der Waals surface area contributed by atoms with E-state index in [9.17, 15) is 13.8 Å². The van der Waals surface area contributed by atoms with E-state index in [0.717, 1.165) is 5.69 Å². The fourth-order valence-electron chi connectivity index (χ4n) is 2.38. The quantitative estimate of drug-likeness (QED) is 0.713. The summed E-state index contributed by atoms with van der Waals surface area (Å²) in [6, 6.07) is 15.8. The van der Waals surface area contributed by atoms with Crippen LogP contribution in [0.25, 0.3) is 0 Å². The second-order valence-corrected chi connectivity index (χ2v) is 6.89. The topological polar surface area (TPSA) is 63.7 Å². The van der Waals surface area contributed by atoms with E-state index in [1.165, 1.54) is 0 Å². The van der Waals surface area contributed by atoms with Crippen LogP contribution in [0.4, 0.5) is 5.69 Å². The van der Waals surface area contributed by atoms with E-state index in [1.54, 1.807) is 36.1 Å². The molecule has 2 rings (SSSR count). The largest absolute Gasteiger partial charge is 0.452 e. The van der Waals surface area contributed by atoms with Gasteiger partial charge in [0.25, 0.3) is 5.91 Å². The summed E-state index contributed by atoms with van der Waals surface area (Å²) in [6.45, 7) is 3.73. The molecular formula is C19H21NO4S. The van der Waals surface area contributed by atoms with Gasteiger partial charge in [-0.05, 0) is 31.2 Å². The molecule has 0 radical (unpaired) electrons. The van der Waals surface area contributed by atoms with E-state index < -0.39 is 16.8 Å². The SMILES string of the molecule is CCN(C(=O)COC(=O)c1ccccc1S(=O)CC)c1ccccc1. The summed E-state index contributed by atoms with van der Waals surface area (Å²) >= 11 is 0. The van der Waals surface area contributed by atoms with Gasteiger partial charge in [0.1, 0.15) is 0 Å². The zero-order chi connectivity index (χ0) is 18.2. The van der Waals surface area contributed by atoms with E-state index >= 15 is 0 Å². The van der Waals surface area contributed by atoms with Crippen LogP contribution in [0.1, 0.15) is 24.2 Å². The van der Waals surface area contributed by atoms with Crippen molar-refractivity contribution < 1.29 is 18.5 Å². The van der Waals surface area contributed by atoms with Crippen LogP contribution >= 0.6 is 0 Å². The standard InChI is InChI=1S/C19H21NO4S/c1-3-20(15-10-6-5-7-11-15)18(21)14-24-19(22)16-12-8-9-13-17(16)25(23)4-2/h5-13H,3-4,14H2,1-2H3. The lowest BCUT2D eigenvalue weighted by molar-refractivity contribution is -0.121. The molecule has 5 nitrogen and oxygen atoms in total. The smallest absolute Gasteiger partial charge is 0.339 e. The number of esters is 1. The highest BCUT2D eigenvalue weighted by Gasteiger charge is 2.19. The minimum atomic E-state index is -1.27. The number of ether oxygens (including phenoxy) is 1. The van der Waals surface area contributed by atoms with Crippen molar-refractivity contribution in [2.24, 2.45) is 0 Å². The Morgan fingerprint density at radius 1 is 1.00 bits per heavy atom. The molecule has 0 saturated carbocycles. The number of hydrogen-bond donors (Lipinski definition) is 0. The van der Waals surface area contributed by atoms with E-state index in [2.05, 4.69) is 0 Å². The average molecular weight is 359 g/mol. The zero-order valence-corrected chi connectivity index (χ0v) is 15.1. The second kappa shape index (κ2) is 9.13. The Balaban J connectivity index is 2.07. The monoisotopic (exact) mass is 359 g/mol. The number of anilines is 1. The molecule has 0 bridgehead atoms. The van der Waals surface area contributed by atoms with Crippen LogP contribution in [0.15, 0.2) is 59.5 Å². The van der Waals surface area contributed by atoms with Gasteiger partial charge in [-0.15, -0.1) is 0 Å². The fourth-order valence-corrected chi connectivity index (χ4v) is 3.32. The van der Waals surface area contributed by atoms with Crippen molar-refractivity contribution in [3.8, 4) is 0 Å². The molecular weight excluding hydrogens is 338 g/mol. The van der Waals surface area contributed by atoms with Gasteiger partial charge in [0.2, 0.25) is 0 Å². The number of carbonyl (C=O) groups excluding carboxylic acids is 2. The number of hydrogen-bond acceptors (Lipinski definition) is 4. The number of rotatable bonds is 7. The van der Waals surface area contributed by atoms with Crippen molar-refractivity contribution >= 4 is 28.4 Å². The van der Waals surface area contributed by atoms with Crippen molar-refractivity contribution in [2.75, 3.05) is 23.8 Å². The predicted octanol–water partition coefficient (Wildman–Crippen LogP) is 3.02. The fraction of sp³-hybridized carbons (Fsp3) is 0.263. The number of amides is 1. The minimum absolute atomic E-state index is 0.234. The molecule has 1 unspecified atom stereocenters. The number of para-hydroxylation sites is 1. The Morgan fingerprint density at radius 3 is 2.28 bits per heavy atom. The van der Waals surface area contributed by atoms with Gasteiger partial charge in [-0.3, -0.25) is 9.00 Å². The number of benzene rings is 2. The molecule has 0 N–H and O–H groups in total. The third-order valence-corrected chi connectivity index (χ3v) is 5.00. The Morgan fingerprint density at radius 2 is 1.64 bits per heavy atom. The molecule has 0 aliphatic carbocycles. The van der Waals surface area contributed by atoms with E-state index in [0.29, 0.717) is 17.2 Å². The van der Waals surface area contributed by atoms with Gasteiger partial charge in [0, 0.05) is 18.0 Å². The first-order valence-electron chi connectivity index (χ1n) is 8.08. The molecule has 1 atom stereocenters. The molecule has 0 aliphatic heterocycles. The number of likely N-dealkylation sites (N-methyl/N-ethyl adjacent to an activating group) is 1. The van der Waals surface area contributed by atoms with Crippen LogP contribution in [0.2, 0.25) is 0 Å². The molecule has 25 heavy (non-hydrogen) atoms. The first-order valence-corrected chi connectivity index (χ1v) is 9.40. The minimum Gasteiger partial charge on any atom is -0.452 e. The van der Waals surface area contributed by atoms with Crippen molar-refractivity contribution in [3.63, 3.8) is 0 Å². The molecule has 1 amide bonds. The van der Waals surface area contributed by atoms with Crippen LogP contribution < -0.4 is 4.90 Å². The van der Waals surface area contributed by atoms with Gasteiger partial charge >= 0.3 is 5.97 Å². The lowest BCUT2D eigenvalue weighted by atomic mass is 10.2. The number of carbonyl (C=O) groups is 2. The van der Waals surface area contributed by atoms with Crippen molar-refractivity contribution in [3.05, 3.63) is 60.2 Å². The summed E-state index contributed by atoms with van der Waals surface area (Å²) in [5, 5.41) is 0. The predicted molar refractivity (Wildman–Crippen MR) is 98.1 cm³/mol. The van der Waals surface area contributed by atoms with E-state index in [-0.39, 0.29) is 18.1 Å².